The topological polar surface area (TPSA) is 58.7 Å². The summed E-state index contributed by atoms with van der Waals surface area (Å²) >= 11 is 6.07. The Morgan fingerprint density at radius 1 is 1.44 bits per heavy atom. The van der Waals surface area contributed by atoms with Gasteiger partial charge in [-0.3, -0.25) is 4.79 Å². The predicted octanol–water partition coefficient (Wildman–Crippen LogP) is 2.34. The summed E-state index contributed by atoms with van der Waals surface area (Å²) in [6, 6.07) is 5.49. The van der Waals surface area contributed by atoms with Gasteiger partial charge in [0.15, 0.2) is 0 Å². The Morgan fingerprint density at radius 2 is 2.17 bits per heavy atom. The van der Waals surface area contributed by atoms with Crippen LogP contribution in [0.25, 0.3) is 0 Å². The summed E-state index contributed by atoms with van der Waals surface area (Å²) in [6.07, 6.45) is 0.629. The van der Waals surface area contributed by atoms with Crippen LogP contribution in [0.2, 0.25) is 5.02 Å². The number of benzene rings is 1. The first-order valence-electron chi connectivity index (χ1n) is 5.90. The van der Waals surface area contributed by atoms with Crippen LogP contribution in [0.15, 0.2) is 23.3 Å². The van der Waals surface area contributed by atoms with E-state index in [0.717, 1.165) is 11.3 Å². The number of nitrogens with two attached hydrogens (primary N) is 1. The summed E-state index contributed by atoms with van der Waals surface area (Å²) in [5.41, 5.74) is 8.00. The highest BCUT2D eigenvalue weighted by atomic mass is 35.5. The molecule has 1 aromatic rings. The molecule has 1 aliphatic heterocycles. The second-order valence-electron chi connectivity index (χ2n) is 4.45. The lowest BCUT2D eigenvalue weighted by Gasteiger charge is -2.14. The Balaban J connectivity index is 2.30. The van der Waals surface area contributed by atoms with Crippen LogP contribution in [-0.4, -0.2) is 18.2 Å². The Morgan fingerprint density at radius 3 is 2.78 bits per heavy atom. The minimum absolute atomic E-state index is 0.0298. The average Bonchev–Trinajstić information content (AvgIpc) is 2.61. The number of hydrazone groups is 1. The molecule has 0 aliphatic carbocycles. The third kappa shape index (κ3) is 2.26. The van der Waals surface area contributed by atoms with Gasteiger partial charge in [-0.05, 0) is 44.5 Å². The molecule has 0 aromatic heterocycles. The van der Waals surface area contributed by atoms with Crippen molar-refractivity contribution in [1.82, 2.24) is 0 Å². The zero-order valence-electron chi connectivity index (χ0n) is 10.5. The maximum absolute atomic E-state index is 12.2. The van der Waals surface area contributed by atoms with E-state index in [1.54, 1.807) is 6.07 Å². The number of halogens is 1. The maximum Gasteiger partial charge on any atom is 0.256 e. The lowest BCUT2D eigenvalue weighted by Crippen LogP contribution is -2.28. The summed E-state index contributed by atoms with van der Waals surface area (Å²) in [4.78, 5) is 12.2. The molecule has 0 saturated carbocycles. The van der Waals surface area contributed by atoms with E-state index >= 15 is 0 Å². The lowest BCUT2D eigenvalue weighted by atomic mass is 10.0. The standard InChI is InChI=1S/C13H16ClN3O/c1-8-3-4-10(7-12(8)14)17-13(18)11(5-6-15)9(2)16-17/h3-4,7,11H,5-6,15H2,1-2H3. The van der Waals surface area contributed by atoms with Gasteiger partial charge in [0.25, 0.3) is 5.91 Å². The third-order valence-corrected chi connectivity index (χ3v) is 3.53. The van der Waals surface area contributed by atoms with E-state index in [1.807, 2.05) is 26.0 Å². The zero-order chi connectivity index (χ0) is 13.3. The molecular formula is C13H16ClN3O. The van der Waals surface area contributed by atoms with Crippen LogP contribution in [0.4, 0.5) is 5.69 Å². The largest absolute Gasteiger partial charge is 0.330 e. The molecule has 1 heterocycles. The van der Waals surface area contributed by atoms with Gasteiger partial charge in [-0.15, -0.1) is 0 Å². The molecule has 1 unspecified atom stereocenters. The van der Waals surface area contributed by atoms with E-state index in [4.69, 9.17) is 17.3 Å². The first kappa shape index (κ1) is 13.1. The van der Waals surface area contributed by atoms with Crippen LogP contribution in [0.5, 0.6) is 0 Å². The second-order valence-corrected chi connectivity index (χ2v) is 4.86. The number of nitrogens with zero attached hydrogens (tertiary/aromatic N) is 2. The molecule has 2 rings (SSSR count). The van der Waals surface area contributed by atoms with E-state index in [9.17, 15) is 4.79 Å². The number of rotatable bonds is 3. The fourth-order valence-corrected chi connectivity index (χ4v) is 2.18. The van der Waals surface area contributed by atoms with Gasteiger partial charge in [0.2, 0.25) is 0 Å². The molecule has 0 radical (unpaired) electrons. The van der Waals surface area contributed by atoms with Crippen molar-refractivity contribution in [2.24, 2.45) is 16.8 Å². The molecule has 5 heteroatoms. The van der Waals surface area contributed by atoms with Crippen molar-refractivity contribution < 1.29 is 4.79 Å². The first-order chi connectivity index (χ1) is 8.54. The van der Waals surface area contributed by atoms with E-state index in [1.165, 1.54) is 5.01 Å². The minimum Gasteiger partial charge on any atom is -0.330 e. The number of carbonyl (C=O) groups is 1. The number of anilines is 1. The Labute approximate surface area is 111 Å². The van der Waals surface area contributed by atoms with Crippen LogP contribution in [0.3, 0.4) is 0 Å². The lowest BCUT2D eigenvalue weighted by molar-refractivity contribution is -0.119. The SMILES string of the molecule is CC1=NN(c2ccc(C)c(Cl)c2)C(=O)C1CCN. The molecule has 96 valence electrons. The summed E-state index contributed by atoms with van der Waals surface area (Å²) in [5, 5.41) is 6.35. The molecular weight excluding hydrogens is 250 g/mol. The second kappa shape index (κ2) is 5.08. The van der Waals surface area contributed by atoms with Crippen molar-refractivity contribution in [3.63, 3.8) is 0 Å². The van der Waals surface area contributed by atoms with Crippen molar-refractivity contribution in [3.8, 4) is 0 Å². The average molecular weight is 266 g/mol. The Bertz CT molecular complexity index is 513. The van der Waals surface area contributed by atoms with Gasteiger partial charge < -0.3 is 5.73 Å². The van der Waals surface area contributed by atoms with Gasteiger partial charge in [-0.1, -0.05) is 17.7 Å². The Hall–Kier alpha value is -1.39. The van der Waals surface area contributed by atoms with Gasteiger partial charge in [0.1, 0.15) is 0 Å². The summed E-state index contributed by atoms with van der Waals surface area (Å²) in [5.74, 6) is -0.229. The number of aryl methyl sites for hydroxylation is 1. The fraction of sp³-hybridized carbons (Fsp3) is 0.385. The molecule has 1 aliphatic rings. The van der Waals surface area contributed by atoms with Crippen LogP contribution < -0.4 is 10.7 Å². The number of hydrogen-bond acceptors (Lipinski definition) is 3. The summed E-state index contributed by atoms with van der Waals surface area (Å²) < 4.78 is 0. The van der Waals surface area contributed by atoms with Crippen molar-refractivity contribution >= 4 is 28.9 Å². The van der Waals surface area contributed by atoms with Gasteiger partial charge in [-0.2, -0.15) is 5.10 Å². The maximum atomic E-state index is 12.2. The highest BCUT2D eigenvalue weighted by molar-refractivity contribution is 6.31. The summed E-state index contributed by atoms with van der Waals surface area (Å²) in [7, 11) is 0. The van der Waals surface area contributed by atoms with Gasteiger partial charge in [0.05, 0.1) is 11.6 Å². The van der Waals surface area contributed by atoms with E-state index in [2.05, 4.69) is 5.10 Å². The fourth-order valence-electron chi connectivity index (χ4n) is 2.00. The molecule has 0 bridgehead atoms. The highest BCUT2D eigenvalue weighted by Crippen LogP contribution is 2.28. The minimum atomic E-state index is -0.199. The number of hydrogen-bond donors (Lipinski definition) is 1. The van der Waals surface area contributed by atoms with Crippen molar-refractivity contribution in [1.29, 1.82) is 0 Å². The van der Waals surface area contributed by atoms with E-state index in [-0.39, 0.29) is 11.8 Å². The zero-order valence-corrected chi connectivity index (χ0v) is 11.2. The van der Waals surface area contributed by atoms with Gasteiger partial charge in [0, 0.05) is 10.7 Å². The monoisotopic (exact) mass is 265 g/mol. The molecule has 1 aromatic carbocycles. The molecule has 1 atom stereocenters. The summed E-state index contributed by atoms with van der Waals surface area (Å²) in [6.45, 7) is 4.25. The molecule has 18 heavy (non-hydrogen) atoms. The molecule has 2 N–H and O–H groups in total. The number of amides is 1. The first-order valence-corrected chi connectivity index (χ1v) is 6.27. The highest BCUT2D eigenvalue weighted by Gasteiger charge is 2.33. The van der Waals surface area contributed by atoms with Crippen LogP contribution in [0.1, 0.15) is 18.9 Å². The predicted molar refractivity (Wildman–Crippen MR) is 73.9 cm³/mol. The van der Waals surface area contributed by atoms with Gasteiger partial charge >= 0.3 is 0 Å². The molecule has 0 fully saturated rings. The normalized spacial score (nSPS) is 19.3. The quantitative estimate of drug-likeness (QED) is 0.912. The molecule has 1 amide bonds. The molecule has 0 spiro atoms. The van der Waals surface area contributed by atoms with Crippen molar-refractivity contribution in [3.05, 3.63) is 28.8 Å². The van der Waals surface area contributed by atoms with E-state index < -0.39 is 0 Å². The van der Waals surface area contributed by atoms with Crippen LogP contribution in [-0.2, 0) is 4.79 Å². The van der Waals surface area contributed by atoms with Crippen molar-refractivity contribution in [2.45, 2.75) is 20.3 Å². The molecule has 0 saturated heterocycles. The number of carbonyl (C=O) groups excluding carboxylic acids is 1. The van der Waals surface area contributed by atoms with Crippen molar-refractivity contribution in [2.75, 3.05) is 11.6 Å². The van der Waals surface area contributed by atoms with Gasteiger partial charge in [-0.25, -0.2) is 5.01 Å². The third-order valence-electron chi connectivity index (χ3n) is 3.12. The smallest absolute Gasteiger partial charge is 0.256 e. The van der Waals surface area contributed by atoms with Crippen LogP contribution >= 0.6 is 11.6 Å². The Kier molecular flexibility index (Phi) is 3.68. The van der Waals surface area contributed by atoms with E-state index in [0.29, 0.717) is 23.7 Å². The van der Waals surface area contributed by atoms with Crippen LogP contribution in [0, 0.1) is 12.8 Å². The molecule has 4 nitrogen and oxygen atoms in total.